The van der Waals surface area contributed by atoms with Crippen molar-refractivity contribution in [3.8, 4) is 0 Å². The van der Waals surface area contributed by atoms with Gasteiger partial charge in [0.15, 0.2) is 5.65 Å². The van der Waals surface area contributed by atoms with Gasteiger partial charge in [0.05, 0.1) is 12.3 Å². The highest BCUT2D eigenvalue weighted by atomic mass is 35.5. The van der Waals surface area contributed by atoms with Crippen molar-refractivity contribution >= 4 is 28.6 Å². The number of fused-ring (bicyclic) bond motifs is 1. The van der Waals surface area contributed by atoms with Crippen LogP contribution in [0, 0.1) is 0 Å². The van der Waals surface area contributed by atoms with Gasteiger partial charge < -0.3 is 10.4 Å². The summed E-state index contributed by atoms with van der Waals surface area (Å²) in [6, 6.07) is 6.91. The van der Waals surface area contributed by atoms with Crippen LogP contribution in [0.25, 0.3) is 11.0 Å². The number of aliphatic hydroxyl groups excluding tert-OH is 1. The van der Waals surface area contributed by atoms with Gasteiger partial charge >= 0.3 is 0 Å². The molecule has 1 atom stereocenters. The van der Waals surface area contributed by atoms with Crippen LogP contribution in [0.3, 0.4) is 0 Å². The maximum absolute atomic E-state index is 11.9. The fourth-order valence-corrected chi connectivity index (χ4v) is 2.24. The molecule has 3 aromatic rings. The molecule has 22 heavy (non-hydrogen) atoms. The van der Waals surface area contributed by atoms with Gasteiger partial charge in [0.2, 0.25) is 5.95 Å². The molecule has 0 aliphatic heterocycles. The Hall–Kier alpha value is -2.38. The molecular weight excluding hydrogens is 306 g/mol. The average Bonchev–Trinajstić information content (AvgIpc) is 2.88. The van der Waals surface area contributed by atoms with Crippen LogP contribution in [0.1, 0.15) is 11.7 Å². The van der Waals surface area contributed by atoms with E-state index in [4.69, 9.17) is 11.6 Å². The Kier molecular flexibility index (Phi) is 3.82. The molecule has 0 saturated heterocycles. The first-order valence-corrected chi connectivity index (χ1v) is 7.02. The monoisotopic (exact) mass is 319 g/mol. The summed E-state index contributed by atoms with van der Waals surface area (Å²) in [5.41, 5.74) is 0.926. The van der Waals surface area contributed by atoms with Gasteiger partial charge in [-0.1, -0.05) is 23.7 Å². The lowest BCUT2D eigenvalue weighted by Gasteiger charge is -2.12. The molecule has 3 N–H and O–H groups in total. The van der Waals surface area contributed by atoms with E-state index in [1.54, 1.807) is 31.3 Å². The third-order valence-electron chi connectivity index (χ3n) is 3.32. The Morgan fingerprint density at radius 1 is 1.41 bits per heavy atom. The summed E-state index contributed by atoms with van der Waals surface area (Å²) in [7, 11) is 1.71. The summed E-state index contributed by atoms with van der Waals surface area (Å²) in [5.74, 6) is 0.286. The number of aryl methyl sites for hydroxylation is 1. The van der Waals surface area contributed by atoms with Crippen LogP contribution in [-0.2, 0) is 7.05 Å². The minimum absolute atomic E-state index is 0.202. The smallest absolute Gasteiger partial charge is 0.263 e. The van der Waals surface area contributed by atoms with Crippen LogP contribution < -0.4 is 10.9 Å². The zero-order chi connectivity index (χ0) is 15.7. The number of aliphatic hydroxyl groups is 1. The number of benzene rings is 1. The average molecular weight is 320 g/mol. The summed E-state index contributed by atoms with van der Waals surface area (Å²) in [6.45, 7) is 0.202. The molecule has 1 aromatic carbocycles. The van der Waals surface area contributed by atoms with Crippen molar-refractivity contribution in [2.75, 3.05) is 11.9 Å². The predicted octanol–water partition coefficient (Wildman–Crippen LogP) is 1.46. The van der Waals surface area contributed by atoms with Crippen LogP contribution in [0.15, 0.2) is 35.3 Å². The van der Waals surface area contributed by atoms with Gasteiger partial charge in [0, 0.05) is 18.6 Å². The molecule has 0 aliphatic carbocycles. The van der Waals surface area contributed by atoms with E-state index in [0.29, 0.717) is 16.1 Å². The van der Waals surface area contributed by atoms with Crippen LogP contribution in [-0.4, -0.2) is 31.4 Å². The van der Waals surface area contributed by atoms with Crippen LogP contribution >= 0.6 is 11.6 Å². The van der Waals surface area contributed by atoms with Crippen molar-refractivity contribution in [2.24, 2.45) is 7.05 Å². The number of rotatable bonds is 4. The van der Waals surface area contributed by atoms with Gasteiger partial charge in [0.25, 0.3) is 5.56 Å². The van der Waals surface area contributed by atoms with E-state index in [0.717, 1.165) is 5.56 Å². The largest absolute Gasteiger partial charge is 0.387 e. The molecule has 2 heterocycles. The molecule has 0 aliphatic rings. The number of aromatic nitrogens is 4. The van der Waals surface area contributed by atoms with Crippen LogP contribution in [0.4, 0.5) is 5.95 Å². The zero-order valence-electron chi connectivity index (χ0n) is 11.7. The van der Waals surface area contributed by atoms with Gasteiger partial charge in [-0.3, -0.25) is 14.5 Å². The summed E-state index contributed by atoms with van der Waals surface area (Å²) in [4.78, 5) is 18.8. The normalized spacial score (nSPS) is 12.5. The molecule has 0 fully saturated rings. The number of halogens is 1. The molecule has 0 saturated carbocycles. The second-order valence-electron chi connectivity index (χ2n) is 4.87. The molecule has 3 rings (SSSR count). The molecule has 7 nitrogen and oxygen atoms in total. The molecule has 8 heteroatoms. The second-order valence-corrected chi connectivity index (χ2v) is 5.30. The first-order valence-electron chi connectivity index (χ1n) is 6.64. The van der Waals surface area contributed by atoms with E-state index in [9.17, 15) is 9.90 Å². The lowest BCUT2D eigenvalue weighted by atomic mass is 10.1. The van der Waals surface area contributed by atoms with Crippen molar-refractivity contribution in [2.45, 2.75) is 6.10 Å². The Bertz CT molecular complexity index is 856. The second kappa shape index (κ2) is 5.78. The molecule has 1 unspecified atom stereocenters. The van der Waals surface area contributed by atoms with Crippen molar-refractivity contribution in [3.05, 3.63) is 51.4 Å². The Morgan fingerprint density at radius 2 is 2.14 bits per heavy atom. The Labute approximate surface area is 130 Å². The van der Waals surface area contributed by atoms with Crippen LogP contribution in [0.2, 0.25) is 5.02 Å². The summed E-state index contributed by atoms with van der Waals surface area (Å²) < 4.78 is 1.52. The first-order chi connectivity index (χ1) is 10.5. The molecule has 0 bridgehead atoms. The maximum Gasteiger partial charge on any atom is 0.263 e. The van der Waals surface area contributed by atoms with Gasteiger partial charge in [-0.15, -0.1) is 0 Å². The van der Waals surface area contributed by atoms with E-state index in [-0.39, 0.29) is 18.1 Å². The van der Waals surface area contributed by atoms with Gasteiger partial charge in [-0.25, -0.2) is 0 Å². The summed E-state index contributed by atoms with van der Waals surface area (Å²) >= 11 is 5.81. The van der Waals surface area contributed by atoms with Crippen LogP contribution in [0.5, 0.6) is 0 Å². The standard InChI is InChI=1S/C14H14ClN5O2/c1-20-12-10(6-17-20)13(22)19-14(18-12)16-7-11(21)8-2-4-9(15)5-3-8/h2-6,11,21H,7H2,1H3,(H2,16,18,19,22). The van der Waals surface area contributed by atoms with E-state index in [2.05, 4.69) is 20.4 Å². The number of nitrogens with zero attached hydrogens (tertiary/aromatic N) is 3. The van der Waals surface area contributed by atoms with Crippen molar-refractivity contribution in [1.29, 1.82) is 0 Å². The van der Waals surface area contributed by atoms with Gasteiger partial charge in [0.1, 0.15) is 5.39 Å². The minimum atomic E-state index is -0.746. The summed E-state index contributed by atoms with van der Waals surface area (Å²) in [6.07, 6.45) is 0.720. The number of hydrogen-bond acceptors (Lipinski definition) is 5. The number of hydrogen-bond donors (Lipinski definition) is 3. The topological polar surface area (TPSA) is 95.8 Å². The third-order valence-corrected chi connectivity index (χ3v) is 3.57. The highest BCUT2D eigenvalue weighted by Gasteiger charge is 2.10. The number of anilines is 1. The lowest BCUT2D eigenvalue weighted by Crippen LogP contribution is -2.17. The highest BCUT2D eigenvalue weighted by molar-refractivity contribution is 6.30. The molecule has 0 spiro atoms. The molecule has 0 radical (unpaired) electrons. The lowest BCUT2D eigenvalue weighted by molar-refractivity contribution is 0.191. The highest BCUT2D eigenvalue weighted by Crippen LogP contribution is 2.16. The van der Waals surface area contributed by atoms with Gasteiger partial charge in [-0.2, -0.15) is 10.1 Å². The molecule has 2 aromatic heterocycles. The van der Waals surface area contributed by atoms with E-state index >= 15 is 0 Å². The maximum atomic E-state index is 11.9. The quantitative estimate of drug-likeness (QED) is 0.676. The number of aromatic amines is 1. The van der Waals surface area contributed by atoms with Crippen molar-refractivity contribution in [1.82, 2.24) is 19.7 Å². The number of H-pyrrole nitrogens is 1. The van der Waals surface area contributed by atoms with Crippen molar-refractivity contribution in [3.63, 3.8) is 0 Å². The SMILES string of the molecule is Cn1ncc2c(=O)[nH]c(NCC(O)c3ccc(Cl)cc3)nc21. The number of nitrogens with one attached hydrogen (secondary N) is 2. The fraction of sp³-hybridized carbons (Fsp3) is 0.214. The van der Waals surface area contributed by atoms with E-state index < -0.39 is 6.10 Å². The first kappa shape index (κ1) is 14.6. The predicted molar refractivity (Wildman–Crippen MR) is 84.0 cm³/mol. The van der Waals surface area contributed by atoms with Gasteiger partial charge in [-0.05, 0) is 17.7 Å². The fourth-order valence-electron chi connectivity index (χ4n) is 2.11. The molecule has 0 amide bonds. The Morgan fingerprint density at radius 3 is 2.86 bits per heavy atom. The molecule has 114 valence electrons. The Balaban J connectivity index is 1.77. The van der Waals surface area contributed by atoms with E-state index in [1.807, 2.05) is 0 Å². The molecular formula is C14H14ClN5O2. The zero-order valence-corrected chi connectivity index (χ0v) is 12.5. The third kappa shape index (κ3) is 2.81. The summed E-state index contributed by atoms with van der Waals surface area (Å²) in [5, 5.41) is 18.1. The van der Waals surface area contributed by atoms with Crippen molar-refractivity contribution < 1.29 is 5.11 Å². The van der Waals surface area contributed by atoms with E-state index in [1.165, 1.54) is 10.9 Å². The minimum Gasteiger partial charge on any atom is -0.387 e.